The molecule has 0 bridgehead atoms. The first-order valence-electron chi connectivity index (χ1n) is 9.80. The Labute approximate surface area is 189 Å². The molecule has 0 radical (unpaired) electrons. The number of halogens is 1. The first-order valence-corrected chi connectivity index (χ1v) is 10.2. The number of methoxy groups -OCH3 is 1. The van der Waals surface area contributed by atoms with Gasteiger partial charge in [-0.1, -0.05) is 11.6 Å². The van der Waals surface area contributed by atoms with Crippen molar-refractivity contribution in [1.82, 2.24) is 4.90 Å². The number of carbonyl (C=O) groups is 2. The third-order valence-corrected chi connectivity index (χ3v) is 4.96. The van der Waals surface area contributed by atoms with Crippen molar-refractivity contribution < 1.29 is 24.0 Å². The zero-order valence-electron chi connectivity index (χ0n) is 17.8. The van der Waals surface area contributed by atoms with E-state index in [1.807, 2.05) is 13.8 Å². The molecule has 10 heteroatoms. The molecule has 9 nitrogen and oxygen atoms in total. The van der Waals surface area contributed by atoms with Crippen molar-refractivity contribution >= 4 is 40.4 Å². The van der Waals surface area contributed by atoms with Gasteiger partial charge in [0.15, 0.2) is 0 Å². The molecule has 0 aliphatic carbocycles. The predicted octanol–water partition coefficient (Wildman–Crippen LogP) is 3.87. The maximum absolute atomic E-state index is 13.2. The number of hydrogen-bond donors (Lipinski definition) is 1. The van der Waals surface area contributed by atoms with Crippen LogP contribution >= 0.6 is 11.6 Å². The van der Waals surface area contributed by atoms with Gasteiger partial charge in [0.1, 0.15) is 11.4 Å². The Morgan fingerprint density at radius 3 is 2.41 bits per heavy atom. The molecule has 2 aromatic rings. The molecule has 0 unspecified atom stereocenters. The van der Waals surface area contributed by atoms with E-state index in [1.165, 1.54) is 31.4 Å². The van der Waals surface area contributed by atoms with Crippen LogP contribution in [0.15, 0.2) is 48.2 Å². The summed E-state index contributed by atoms with van der Waals surface area (Å²) < 4.78 is 10.8. The molecule has 0 saturated carbocycles. The molecule has 1 N–H and O–H groups in total. The quantitative estimate of drug-likeness (QED) is 0.344. The fourth-order valence-corrected chi connectivity index (χ4v) is 3.38. The molecule has 3 rings (SSSR count). The van der Waals surface area contributed by atoms with Gasteiger partial charge in [0.2, 0.25) is 0 Å². The molecule has 1 aliphatic heterocycles. The summed E-state index contributed by atoms with van der Waals surface area (Å²) in [6.07, 6.45) is -0.0572. The van der Waals surface area contributed by atoms with Crippen LogP contribution in [0.2, 0.25) is 5.02 Å². The Morgan fingerprint density at radius 1 is 1.12 bits per heavy atom. The topological polar surface area (TPSA) is 111 Å². The Morgan fingerprint density at radius 2 is 1.81 bits per heavy atom. The highest BCUT2D eigenvalue weighted by atomic mass is 35.5. The average Bonchev–Trinajstić information content (AvgIpc) is 2.98. The maximum atomic E-state index is 13.2. The first-order chi connectivity index (χ1) is 15.2. The molecule has 1 aliphatic rings. The van der Waals surface area contributed by atoms with E-state index in [2.05, 4.69) is 5.32 Å². The zero-order chi connectivity index (χ0) is 23.4. The van der Waals surface area contributed by atoms with Gasteiger partial charge in [-0.05, 0) is 49.7 Å². The predicted molar refractivity (Wildman–Crippen MR) is 119 cm³/mol. The number of ether oxygens (including phenoxy) is 2. The summed E-state index contributed by atoms with van der Waals surface area (Å²) in [5, 5.41) is 14.4. The number of amides is 2. The van der Waals surface area contributed by atoms with Gasteiger partial charge in [0, 0.05) is 17.2 Å². The van der Waals surface area contributed by atoms with Crippen molar-refractivity contribution in [3.05, 3.63) is 68.9 Å². The summed E-state index contributed by atoms with van der Waals surface area (Å²) >= 11 is 6.10. The molecule has 0 saturated heterocycles. The Hall–Kier alpha value is -3.43. The van der Waals surface area contributed by atoms with E-state index in [1.54, 1.807) is 18.2 Å². The molecule has 2 amide bonds. The van der Waals surface area contributed by atoms with Crippen molar-refractivity contribution in [2.24, 2.45) is 0 Å². The van der Waals surface area contributed by atoms with Crippen LogP contribution in [0.5, 0.6) is 5.75 Å². The zero-order valence-corrected chi connectivity index (χ0v) is 18.5. The van der Waals surface area contributed by atoms with E-state index in [0.717, 1.165) is 4.90 Å². The molecular weight excluding hydrogens is 438 g/mol. The van der Waals surface area contributed by atoms with E-state index >= 15 is 0 Å². The Balaban J connectivity index is 2.03. The molecule has 0 fully saturated rings. The first kappa shape index (κ1) is 23.2. The molecule has 0 atom stereocenters. The second kappa shape index (κ2) is 9.80. The lowest BCUT2D eigenvalue weighted by Crippen LogP contribution is -2.35. The number of nitrogens with one attached hydrogen (secondary N) is 1. The van der Waals surface area contributed by atoms with E-state index in [9.17, 15) is 19.7 Å². The second-order valence-corrected chi connectivity index (χ2v) is 7.64. The number of nitro groups is 1. The van der Waals surface area contributed by atoms with Gasteiger partial charge in [0.05, 0.1) is 42.5 Å². The fourth-order valence-electron chi connectivity index (χ4n) is 3.20. The number of rotatable bonds is 9. The Bertz CT molecular complexity index is 1080. The van der Waals surface area contributed by atoms with Gasteiger partial charge in [0.25, 0.3) is 17.5 Å². The largest absolute Gasteiger partial charge is 0.495 e. The minimum absolute atomic E-state index is 0.0222. The van der Waals surface area contributed by atoms with Crippen LogP contribution < -0.4 is 10.1 Å². The molecule has 0 spiro atoms. The van der Waals surface area contributed by atoms with Crippen LogP contribution in [-0.2, 0) is 14.3 Å². The number of imide groups is 1. The summed E-state index contributed by atoms with van der Waals surface area (Å²) in [5.41, 5.74) is 0.755. The number of non-ortho nitro benzene ring substituents is 1. The summed E-state index contributed by atoms with van der Waals surface area (Å²) in [7, 11) is 1.47. The SMILES string of the molecule is COc1ccc(Cl)cc1NC1=C(c2ccc([N+](=O)[O-])cc2)C(=O)N(CCOC(C)C)C1=O. The Kier molecular flexibility index (Phi) is 7.12. The van der Waals surface area contributed by atoms with Gasteiger partial charge < -0.3 is 14.8 Å². The molecular formula is C22H22ClN3O6. The number of nitro benzene ring substituents is 1. The molecule has 168 valence electrons. The normalized spacial score (nSPS) is 13.8. The average molecular weight is 460 g/mol. The van der Waals surface area contributed by atoms with Crippen molar-refractivity contribution in [1.29, 1.82) is 0 Å². The van der Waals surface area contributed by atoms with Crippen molar-refractivity contribution in [2.45, 2.75) is 20.0 Å². The number of anilines is 1. The number of nitrogens with zero attached hydrogens (tertiary/aromatic N) is 2. The molecule has 1 heterocycles. The maximum Gasteiger partial charge on any atom is 0.278 e. The highest BCUT2D eigenvalue weighted by Gasteiger charge is 2.39. The third kappa shape index (κ3) is 4.90. The lowest BCUT2D eigenvalue weighted by Gasteiger charge is -2.17. The molecule has 32 heavy (non-hydrogen) atoms. The fraction of sp³-hybridized carbons (Fsp3) is 0.273. The monoisotopic (exact) mass is 459 g/mol. The van der Waals surface area contributed by atoms with E-state index in [4.69, 9.17) is 21.1 Å². The summed E-state index contributed by atoms with van der Waals surface area (Å²) in [5.74, 6) is -0.649. The molecule has 2 aromatic carbocycles. The van der Waals surface area contributed by atoms with Gasteiger partial charge in [-0.15, -0.1) is 0 Å². The van der Waals surface area contributed by atoms with Crippen LogP contribution in [0.3, 0.4) is 0 Å². The minimum Gasteiger partial charge on any atom is -0.495 e. The van der Waals surface area contributed by atoms with Gasteiger partial charge >= 0.3 is 0 Å². The summed E-state index contributed by atoms with van der Waals surface area (Å²) in [6, 6.07) is 10.3. The van der Waals surface area contributed by atoms with Crippen LogP contribution in [0.4, 0.5) is 11.4 Å². The van der Waals surface area contributed by atoms with Crippen molar-refractivity contribution in [3.8, 4) is 5.75 Å². The number of carbonyl (C=O) groups excluding carboxylic acids is 2. The second-order valence-electron chi connectivity index (χ2n) is 7.21. The van der Waals surface area contributed by atoms with Crippen molar-refractivity contribution in [2.75, 3.05) is 25.6 Å². The van der Waals surface area contributed by atoms with E-state index in [0.29, 0.717) is 22.0 Å². The van der Waals surface area contributed by atoms with Crippen molar-refractivity contribution in [3.63, 3.8) is 0 Å². The summed E-state index contributed by atoms with van der Waals surface area (Å²) in [6.45, 7) is 3.94. The summed E-state index contributed by atoms with van der Waals surface area (Å²) in [4.78, 5) is 37.9. The van der Waals surface area contributed by atoms with E-state index in [-0.39, 0.29) is 36.2 Å². The highest BCUT2D eigenvalue weighted by molar-refractivity contribution is 6.36. The van der Waals surface area contributed by atoms with E-state index < -0.39 is 16.7 Å². The van der Waals surface area contributed by atoms with Crippen LogP contribution in [0, 0.1) is 10.1 Å². The molecule has 0 aromatic heterocycles. The van der Waals surface area contributed by atoms with Gasteiger partial charge in [-0.3, -0.25) is 24.6 Å². The smallest absolute Gasteiger partial charge is 0.278 e. The lowest BCUT2D eigenvalue weighted by atomic mass is 10.0. The minimum atomic E-state index is -0.544. The lowest BCUT2D eigenvalue weighted by molar-refractivity contribution is -0.384. The standard InChI is InChI=1S/C22H22ClN3O6/c1-13(2)32-11-10-25-21(27)19(14-4-7-16(8-5-14)26(29)30)20(22(25)28)24-17-12-15(23)6-9-18(17)31-3/h4-9,12-13,24H,10-11H2,1-3H3. The number of hydrogen-bond acceptors (Lipinski definition) is 7. The number of benzene rings is 2. The van der Waals surface area contributed by atoms with Gasteiger partial charge in [-0.2, -0.15) is 0 Å². The van der Waals surface area contributed by atoms with Crippen LogP contribution in [0.25, 0.3) is 5.57 Å². The van der Waals surface area contributed by atoms with Gasteiger partial charge in [-0.25, -0.2) is 0 Å². The van der Waals surface area contributed by atoms with Crippen LogP contribution in [-0.4, -0.2) is 48.0 Å². The third-order valence-electron chi connectivity index (χ3n) is 4.72. The van der Waals surface area contributed by atoms with Crippen LogP contribution in [0.1, 0.15) is 19.4 Å². The highest BCUT2D eigenvalue weighted by Crippen LogP contribution is 2.35.